The normalized spacial score (nSPS) is 12.7. The van der Waals surface area contributed by atoms with Gasteiger partial charge in [0, 0.05) is 4.88 Å². The molecular weight excluding hydrogens is 266 g/mol. The van der Waals surface area contributed by atoms with Crippen molar-refractivity contribution in [2.45, 2.75) is 26.3 Å². The van der Waals surface area contributed by atoms with Gasteiger partial charge in [0.1, 0.15) is 0 Å². The molecule has 3 nitrogen and oxygen atoms in total. The number of aryl methyl sites for hydroxylation is 2. The summed E-state index contributed by atoms with van der Waals surface area (Å²) in [4.78, 5) is 1.13. The van der Waals surface area contributed by atoms with Crippen LogP contribution in [0.25, 0.3) is 0 Å². The van der Waals surface area contributed by atoms with E-state index in [1.807, 2.05) is 25.4 Å². The third-order valence-electron chi connectivity index (χ3n) is 2.87. The molecule has 0 aromatic carbocycles. The van der Waals surface area contributed by atoms with Gasteiger partial charge in [-0.05, 0) is 43.5 Å². The molecule has 0 saturated carbocycles. The molecule has 18 heavy (non-hydrogen) atoms. The van der Waals surface area contributed by atoms with Crippen molar-refractivity contribution in [3.05, 3.63) is 44.4 Å². The summed E-state index contributed by atoms with van der Waals surface area (Å²) in [7, 11) is 1.94. The second-order valence-electron chi connectivity index (χ2n) is 4.10. The first-order valence-electron chi connectivity index (χ1n) is 5.90. The number of hydrogen-bond donors (Lipinski definition) is 1. The lowest BCUT2D eigenvalue weighted by Gasteiger charge is -2.18. The largest absolute Gasteiger partial charge is 0.309 e. The molecule has 0 aliphatic rings. The number of nitrogens with zero attached hydrogens (tertiary/aromatic N) is 2. The van der Waals surface area contributed by atoms with Crippen LogP contribution in [0, 0.1) is 6.92 Å². The molecule has 2 aromatic heterocycles. The number of nitrogens with one attached hydrogen (secondary N) is 1. The van der Waals surface area contributed by atoms with E-state index >= 15 is 0 Å². The average molecular weight is 282 g/mol. The predicted octanol–water partition coefficient (Wildman–Crippen LogP) is 3.37. The molecule has 0 amide bonds. The van der Waals surface area contributed by atoms with Gasteiger partial charge in [0.2, 0.25) is 0 Å². The molecular formula is C13H16ClN3S. The van der Waals surface area contributed by atoms with Crippen LogP contribution >= 0.6 is 22.9 Å². The van der Waals surface area contributed by atoms with Crippen molar-refractivity contribution in [2.24, 2.45) is 0 Å². The molecule has 2 rings (SSSR count). The highest BCUT2D eigenvalue weighted by Gasteiger charge is 2.20. The zero-order valence-corrected chi connectivity index (χ0v) is 12.3. The molecule has 1 unspecified atom stereocenters. The highest BCUT2D eigenvalue weighted by atomic mass is 35.5. The van der Waals surface area contributed by atoms with Gasteiger partial charge in [0.25, 0.3) is 0 Å². The molecule has 0 spiro atoms. The van der Waals surface area contributed by atoms with E-state index in [0.717, 1.165) is 33.3 Å². The van der Waals surface area contributed by atoms with Gasteiger partial charge in [0.15, 0.2) is 0 Å². The number of hydrogen-bond acceptors (Lipinski definition) is 4. The Morgan fingerprint density at radius 3 is 2.78 bits per heavy atom. The van der Waals surface area contributed by atoms with Gasteiger partial charge >= 0.3 is 0 Å². The molecule has 0 aliphatic heterocycles. The van der Waals surface area contributed by atoms with Crippen LogP contribution in [0.3, 0.4) is 0 Å². The Labute approximate surface area is 116 Å². The maximum Gasteiger partial charge on any atom is 0.0702 e. The fourth-order valence-corrected chi connectivity index (χ4v) is 3.29. The highest BCUT2D eigenvalue weighted by molar-refractivity contribution is 7.10. The van der Waals surface area contributed by atoms with E-state index in [0.29, 0.717) is 0 Å². The molecule has 0 bridgehead atoms. The fraction of sp³-hybridized carbons (Fsp3) is 0.385. The fourth-order valence-electron chi connectivity index (χ4n) is 2.00. The van der Waals surface area contributed by atoms with E-state index < -0.39 is 0 Å². The predicted molar refractivity (Wildman–Crippen MR) is 76.4 cm³/mol. The van der Waals surface area contributed by atoms with E-state index in [1.54, 1.807) is 11.3 Å². The molecule has 0 radical (unpaired) electrons. The molecule has 2 heterocycles. The third kappa shape index (κ3) is 2.55. The molecule has 1 N–H and O–H groups in total. The van der Waals surface area contributed by atoms with Crippen LogP contribution in [0.1, 0.15) is 34.8 Å². The zero-order chi connectivity index (χ0) is 13.1. The number of thiophene rings is 1. The van der Waals surface area contributed by atoms with Crippen molar-refractivity contribution in [3.63, 3.8) is 0 Å². The topological polar surface area (TPSA) is 37.8 Å². The number of rotatable bonds is 4. The van der Waals surface area contributed by atoms with E-state index in [4.69, 9.17) is 11.6 Å². The summed E-state index contributed by atoms with van der Waals surface area (Å²) < 4.78 is 0. The quantitative estimate of drug-likeness (QED) is 0.934. The number of aromatic nitrogens is 2. The average Bonchev–Trinajstić information content (AvgIpc) is 2.77. The third-order valence-corrected chi connectivity index (χ3v) is 4.29. The lowest BCUT2D eigenvalue weighted by Crippen LogP contribution is -2.19. The van der Waals surface area contributed by atoms with Crippen LogP contribution < -0.4 is 5.32 Å². The summed E-state index contributed by atoms with van der Waals surface area (Å²) in [5, 5.41) is 14.5. The van der Waals surface area contributed by atoms with E-state index in [2.05, 4.69) is 28.5 Å². The number of halogens is 1. The second kappa shape index (κ2) is 5.78. The monoisotopic (exact) mass is 281 g/mol. The standard InChI is InChI=1S/C13H16ClN3S/c1-4-11-9(7-8(2)16-17-11)12(15-3)13-10(14)5-6-18-13/h5-7,12,15H,4H2,1-3H3. The Bertz CT molecular complexity index is 539. The van der Waals surface area contributed by atoms with Crippen LogP contribution in [0.2, 0.25) is 5.02 Å². The van der Waals surface area contributed by atoms with Gasteiger partial charge in [-0.25, -0.2) is 0 Å². The van der Waals surface area contributed by atoms with Crippen molar-refractivity contribution in [3.8, 4) is 0 Å². The minimum Gasteiger partial charge on any atom is -0.309 e. The van der Waals surface area contributed by atoms with Gasteiger partial charge in [0.05, 0.1) is 22.5 Å². The van der Waals surface area contributed by atoms with E-state index in [9.17, 15) is 0 Å². The van der Waals surface area contributed by atoms with E-state index in [-0.39, 0.29) is 6.04 Å². The van der Waals surface area contributed by atoms with Crippen LogP contribution in [-0.4, -0.2) is 17.2 Å². The SMILES string of the molecule is CCc1nnc(C)cc1C(NC)c1sccc1Cl. The van der Waals surface area contributed by atoms with Crippen LogP contribution in [0.15, 0.2) is 17.5 Å². The van der Waals surface area contributed by atoms with Crippen LogP contribution in [-0.2, 0) is 6.42 Å². The Hall–Kier alpha value is -0.970. The minimum atomic E-state index is 0.0849. The first kappa shape index (κ1) is 13.5. The van der Waals surface area contributed by atoms with Crippen molar-refractivity contribution in [1.29, 1.82) is 0 Å². The van der Waals surface area contributed by atoms with E-state index in [1.165, 1.54) is 0 Å². The first-order chi connectivity index (χ1) is 8.67. The van der Waals surface area contributed by atoms with Crippen molar-refractivity contribution in [2.75, 3.05) is 7.05 Å². The van der Waals surface area contributed by atoms with Crippen molar-refractivity contribution >= 4 is 22.9 Å². The molecule has 1 atom stereocenters. The van der Waals surface area contributed by atoms with Gasteiger partial charge in [-0.2, -0.15) is 10.2 Å². The van der Waals surface area contributed by atoms with Crippen molar-refractivity contribution in [1.82, 2.24) is 15.5 Å². The lowest BCUT2D eigenvalue weighted by molar-refractivity contribution is 0.679. The summed E-state index contributed by atoms with van der Waals surface area (Å²) in [6, 6.07) is 4.10. The summed E-state index contributed by atoms with van der Waals surface area (Å²) in [6.45, 7) is 4.05. The molecule has 0 fully saturated rings. The van der Waals surface area contributed by atoms with Gasteiger partial charge < -0.3 is 5.32 Å². The van der Waals surface area contributed by atoms with Crippen LogP contribution in [0.5, 0.6) is 0 Å². The summed E-state index contributed by atoms with van der Waals surface area (Å²) in [5.74, 6) is 0. The van der Waals surface area contributed by atoms with Gasteiger partial charge in [-0.15, -0.1) is 11.3 Å². The summed E-state index contributed by atoms with van der Waals surface area (Å²) in [5.41, 5.74) is 3.11. The highest BCUT2D eigenvalue weighted by Crippen LogP contribution is 2.33. The smallest absolute Gasteiger partial charge is 0.0702 e. The summed E-state index contributed by atoms with van der Waals surface area (Å²) in [6.07, 6.45) is 0.865. The summed E-state index contributed by atoms with van der Waals surface area (Å²) >= 11 is 7.89. The van der Waals surface area contributed by atoms with Crippen molar-refractivity contribution < 1.29 is 0 Å². The lowest BCUT2D eigenvalue weighted by atomic mass is 10.0. The second-order valence-corrected chi connectivity index (χ2v) is 5.45. The van der Waals surface area contributed by atoms with Gasteiger partial charge in [-0.3, -0.25) is 0 Å². The Kier molecular flexibility index (Phi) is 4.32. The molecule has 0 aliphatic carbocycles. The zero-order valence-electron chi connectivity index (χ0n) is 10.7. The Morgan fingerprint density at radius 1 is 1.44 bits per heavy atom. The molecule has 2 aromatic rings. The Balaban J connectivity index is 2.51. The van der Waals surface area contributed by atoms with Gasteiger partial charge in [-0.1, -0.05) is 18.5 Å². The maximum atomic E-state index is 6.23. The Morgan fingerprint density at radius 2 is 2.22 bits per heavy atom. The minimum absolute atomic E-state index is 0.0849. The molecule has 5 heteroatoms. The first-order valence-corrected chi connectivity index (χ1v) is 7.16. The van der Waals surface area contributed by atoms with Crippen LogP contribution in [0.4, 0.5) is 0 Å². The molecule has 0 saturated heterocycles. The maximum absolute atomic E-state index is 6.23. The molecule has 96 valence electrons.